The van der Waals surface area contributed by atoms with Gasteiger partial charge in [0.25, 0.3) is 10.0 Å². The van der Waals surface area contributed by atoms with Gasteiger partial charge in [0.1, 0.15) is 17.5 Å². The molecule has 0 aliphatic carbocycles. The predicted octanol–water partition coefficient (Wildman–Crippen LogP) is 3.22. The highest BCUT2D eigenvalue weighted by Gasteiger charge is 2.34. The largest absolute Gasteiger partial charge is 0.488 e. The van der Waals surface area contributed by atoms with Crippen LogP contribution in [0.3, 0.4) is 0 Å². The Kier molecular flexibility index (Phi) is 9.76. The number of hydrogen-bond donors (Lipinski definition) is 2. The number of ether oxygens (including phenoxy) is 1. The van der Waals surface area contributed by atoms with Gasteiger partial charge in [0.05, 0.1) is 30.5 Å². The monoisotopic (exact) mass is 654 g/mol. The lowest BCUT2D eigenvalue weighted by molar-refractivity contribution is -0.134. The van der Waals surface area contributed by atoms with Gasteiger partial charge in [-0.1, -0.05) is 23.7 Å². The number of rotatable bonds is 9. The van der Waals surface area contributed by atoms with Crippen LogP contribution in [0.2, 0.25) is 5.02 Å². The third kappa shape index (κ3) is 7.15. The Hall–Kier alpha value is -3.17. The van der Waals surface area contributed by atoms with Crippen molar-refractivity contribution < 1.29 is 36.0 Å². The summed E-state index contributed by atoms with van der Waals surface area (Å²) in [4.78, 5) is 15.0. The Labute approximate surface area is 256 Å². The van der Waals surface area contributed by atoms with Gasteiger partial charge in [-0.05, 0) is 63.2 Å². The van der Waals surface area contributed by atoms with E-state index in [1.165, 1.54) is 66.5 Å². The molecule has 3 aromatic rings. The summed E-state index contributed by atoms with van der Waals surface area (Å²) >= 11 is 5.94. The summed E-state index contributed by atoms with van der Waals surface area (Å²) in [6.45, 7) is 6.43. The third-order valence-corrected chi connectivity index (χ3v) is 11.1. The van der Waals surface area contributed by atoms with Crippen LogP contribution in [-0.4, -0.2) is 81.1 Å². The van der Waals surface area contributed by atoms with E-state index in [2.05, 4.69) is 9.88 Å². The van der Waals surface area contributed by atoms with E-state index in [9.17, 15) is 26.7 Å². The van der Waals surface area contributed by atoms with E-state index in [4.69, 9.17) is 20.9 Å². The molecule has 4 rings (SSSR count). The second kappa shape index (κ2) is 12.8. The molecular weight excluding hydrogens is 620 g/mol. The summed E-state index contributed by atoms with van der Waals surface area (Å²) in [5.41, 5.74) is 0.777. The van der Waals surface area contributed by atoms with Gasteiger partial charge in [-0.2, -0.15) is 4.31 Å². The van der Waals surface area contributed by atoms with Crippen LogP contribution in [0.5, 0.6) is 5.75 Å². The van der Waals surface area contributed by atoms with E-state index in [1.54, 1.807) is 13.0 Å². The average Bonchev–Trinajstić information content (AvgIpc) is 3.31. The number of halogens is 1. The summed E-state index contributed by atoms with van der Waals surface area (Å²) in [5.74, 6) is -0.216. The van der Waals surface area contributed by atoms with Crippen LogP contribution in [0, 0.1) is 19.8 Å². The van der Waals surface area contributed by atoms with Crippen LogP contribution in [-0.2, 0) is 31.3 Å². The van der Waals surface area contributed by atoms with Gasteiger partial charge in [0.2, 0.25) is 15.9 Å². The van der Waals surface area contributed by atoms with Crippen molar-refractivity contribution in [2.45, 2.75) is 56.1 Å². The molecule has 3 atom stereocenters. The van der Waals surface area contributed by atoms with Gasteiger partial charge in [-0.25, -0.2) is 16.8 Å². The molecule has 0 spiro atoms. The molecule has 0 saturated carbocycles. The van der Waals surface area contributed by atoms with Gasteiger partial charge in [-0.15, -0.1) is 0 Å². The maximum atomic E-state index is 13.5. The molecule has 1 aliphatic heterocycles. The molecule has 234 valence electrons. The molecule has 1 aliphatic rings. The minimum Gasteiger partial charge on any atom is -0.488 e. The first-order chi connectivity index (χ1) is 20.1. The van der Waals surface area contributed by atoms with Crippen molar-refractivity contribution in [1.29, 1.82) is 0 Å². The van der Waals surface area contributed by atoms with Crippen LogP contribution in [0.4, 0.5) is 5.69 Å². The van der Waals surface area contributed by atoms with Gasteiger partial charge in [-0.3, -0.25) is 9.52 Å². The van der Waals surface area contributed by atoms with E-state index >= 15 is 0 Å². The Morgan fingerprint density at radius 2 is 1.84 bits per heavy atom. The summed E-state index contributed by atoms with van der Waals surface area (Å²) in [7, 11) is -6.52. The number of carbonyl (C=O) groups is 1. The normalized spacial score (nSPS) is 18.8. The second-order valence-electron chi connectivity index (χ2n) is 10.7. The van der Waals surface area contributed by atoms with Crippen molar-refractivity contribution in [3.8, 4) is 5.75 Å². The number of nitrogens with one attached hydrogen (secondary N) is 1. The fourth-order valence-electron chi connectivity index (χ4n) is 4.91. The number of aliphatic hydroxyl groups is 1. The number of sulfonamides is 2. The lowest BCUT2D eigenvalue weighted by Crippen LogP contribution is -2.48. The molecule has 0 saturated heterocycles. The van der Waals surface area contributed by atoms with E-state index in [0.717, 1.165) is 0 Å². The Morgan fingerprint density at radius 3 is 2.44 bits per heavy atom. The highest BCUT2D eigenvalue weighted by atomic mass is 35.5. The predicted molar refractivity (Wildman–Crippen MR) is 160 cm³/mol. The number of benzene rings is 2. The van der Waals surface area contributed by atoms with E-state index in [-0.39, 0.29) is 64.9 Å². The number of carbonyl (C=O) groups excluding carboxylic acids is 1. The molecule has 15 heteroatoms. The van der Waals surface area contributed by atoms with Crippen molar-refractivity contribution in [3.05, 3.63) is 64.5 Å². The fourth-order valence-corrected chi connectivity index (χ4v) is 7.60. The maximum absolute atomic E-state index is 13.5. The molecule has 1 amide bonds. The molecule has 0 bridgehead atoms. The maximum Gasteiger partial charge on any atom is 0.267 e. The van der Waals surface area contributed by atoms with Gasteiger partial charge in [0.15, 0.2) is 10.7 Å². The Bertz CT molecular complexity index is 1670. The highest BCUT2D eigenvalue weighted by molar-refractivity contribution is 7.92. The van der Waals surface area contributed by atoms with Crippen molar-refractivity contribution >= 4 is 43.2 Å². The SMILES string of the molecule is Cc1noc(C)c1S(=O)(=O)Nc1ccc2c(c1)CC(=O)N([C@H](C)CO)C[C@H](C)[C@H](CN(C)S(=O)(=O)c1ccc(Cl)cc1)O2. The minimum absolute atomic E-state index is 0.0540. The highest BCUT2D eigenvalue weighted by Crippen LogP contribution is 2.31. The number of likely N-dealkylation sites (N-methyl/N-ethyl adjacent to an activating group) is 1. The zero-order valence-electron chi connectivity index (χ0n) is 24.4. The van der Waals surface area contributed by atoms with Crippen LogP contribution in [0.1, 0.15) is 30.9 Å². The number of hydrogen-bond acceptors (Lipinski definition) is 9. The van der Waals surface area contributed by atoms with E-state index < -0.39 is 32.2 Å². The molecule has 2 aromatic carbocycles. The van der Waals surface area contributed by atoms with Crippen LogP contribution < -0.4 is 9.46 Å². The lowest BCUT2D eigenvalue weighted by atomic mass is 10.0. The smallest absolute Gasteiger partial charge is 0.267 e. The van der Waals surface area contributed by atoms with Crippen molar-refractivity contribution in [3.63, 3.8) is 0 Å². The summed E-state index contributed by atoms with van der Waals surface area (Å²) in [6, 6.07) is 9.87. The van der Waals surface area contributed by atoms with Gasteiger partial charge in [0, 0.05) is 35.8 Å². The number of nitrogens with zero attached hydrogens (tertiary/aromatic N) is 3. The molecule has 43 heavy (non-hydrogen) atoms. The number of anilines is 1. The fraction of sp³-hybridized carbons (Fsp3) is 0.429. The number of aromatic nitrogens is 1. The standard InChI is InChI=1S/C28H35ClN4O8S2/c1-17-14-33(18(2)16-34)27(35)13-21-12-23(31-42(36,37)28-19(3)30-41-20(28)4)8-11-25(21)40-26(17)15-32(5)43(38,39)24-9-6-22(29)7-10-24/h6-12,17-18,26,31,34H,13-16H2,1-5H3/t17-,18+,26-/m0/s1. The van der Waals surface area contributed by atoms with Crippen LogP contribution >= 0.6 is 11.6 Å². The number of fused-ring (bicyclic) bond motifs is 1. The molecule has 0 fully saturated rings. The topological polar surface area (TPSA) is 159 Å². The first-order valence-electron chi connectivity index (χ1n) is 13.5. The molecule has 1 aromatic heterocycles. The zero-order valence-corrected chi connectivity index (χ0v) is 26.8. The van der Waals surface area contributed by atoms with Crippen molar-refractivity contribution in [2.24, 2.45) is 5.92 Å². The average molecular weight is 655 g/mol. The van der Waals surface area contributed by atoms with Crippen LogP contribution in [0.15, 0.2) is 56.8 Å². The Morgan fingerprint density at radius 1 is 1.16 bits per heavy atom. The number of aliphatic hydroxyl groups excluding tert-OH is 1. The molecular formula is C28H35ClN4O8S2. The van der Waals surface area contributed by atoms with Crippen molar-refractivity contribution in [2.75, 3.05) is 31.5 Å². The number of amides is 1. The summed E-state index contributed by atoms with van der Waals surface area (Å²) < 4.78 is 68.0. The quantitative estimate of drug-likeness (QED) is 0.353. The van der Waals surface area contributed by atoms with Crippen LogP contribution in [0.25, 0.3) is 0 Å². The summed E-state index contributed by atoms with van der Waals surface area (Å²) in [5, 5.41) is 14.0. The minimum atomic E-state index is -4.06. The first-order valence-corrected chi connectivity index (χ1v) is 16.8. The molecule has 12 nitrogen and oxygen atoms in total. The second-order valence-corrected chi connectivity index (χ2v) is 14.8. The van der Waals surface area contributed by atoms with Gasteiger partial charge >= 0.3 is 0 Å². The molecule has 2 heterocycles. The molecule has 0 unspecified atom stereocenters. The Balaban J connectivity index is 1.69. The first kappa shape index (κ1) is 32.7. The number of aryl methyl sites for hydroxylation is 2. The molecule has 0 radical (unpaired) electrons. The zero-order chi connectivity index (χ0) is 31.7. The van der Waals surface area contributed by atoms with E-state index in [1.807, 2.05) is 6.92 Å². The van der Waals surface area contributed by atoms with Gasteiger partial charge < -0.3 is 19.3 Å². The van der Waals surface area contributed by atoms with E-state index in [0.29, 0.717) is 16.3 Å². The lowest BCUT2D eigenvalue weighted by Gasteiger charge is -2.33. The summed E-state index contributed by atoms with van der Waals surface area (Å²) in [6.07, 6.45) is -0.853. The molecule has 2 N–H and O–H groups in total. The van der Waals surface area contributed by atoms with Crippen molar-refractivity contribution in [1.82, 2.24) is 14.4 Å². The third-order valence-electron chi connectivity index (χ3n) is 7.36.